The molecule has 2 atom stereocenters. The number of fused-ring (bicyclic) bond motifs is 1. The number of ether oxygens (including phenoxy) is 3. The van der Waals surface area contributed by atoms with E-state index in [0.29, 0.717) is 4.57 Å². The van der Waals surface area contributed by atoms with Gasteiger partial charge in [0.15, 0.2) is 0 Å². The van der Waals surface area contributed by atoms with Crippen LogP contribution in [0.5, 0.6) is 5.75 Å². The summed E-state index contributed by atoms with van der Waals surface area (Å²) in [4.78, 5) is 52.0. The first-order chi connectivity index (χ1) is 18.1. The highest BCUT2D eigenvalue weighted by atomic mass is 32.1. The van der Waals surface area contributed by atoms with Crippen molar-refractivity contribution in [2.24, 2.45) is 5.73 Å². The summed E-state index contributed by atoms with van der Waals surface area (Å²) < 4.78 is 32.5. The van der Waals surface area contributed by atoms with Crippen LogP contribution in [0.2, 0.25) is 0 Å². The lowest BCUT2D eigenvalue weighted by Crippen LogP contribution is -2.45. The fraction of sp³-hybridized carbons (Fsp3) is 0.400. The molecule has 0 spiro atoms. The van der Waals surface area contributed by atoms with Gasteiger partial charge in [-0.1, -0.05) is 0 Å². The Morgan fingerprint density at radius 1 is 1.28 bits per heavy atom. The molecule has 0 aliphatic carbocycles. The summed E-state index contributed by atoms with van der Waals surface area (Å²) in [6, 6.07) is 4.42. The van der Waals surface area contributed by atoms with Gasteiger partial charge in [0.05, 0.1) is 44.7 Å². The molecule has 0 bridgehead atoms. The molecule has 3 aromatic rings. The van der Waals surface area contributed by atoms with Crippen LogP contribution in [0.3, 0.4) is 0 Å². The lowest BCUT2D eigenvalue weighted by atomic mass is 10.1. The Bertz CT molecular complexity index is 1540. The van der Waals surface area contributed by atoms with Crippen molar-refractivity contribution in [2.75, 3.05) is 20.3 Å². The topological polar surface area (TPSA) is 156 Å². The molecular formula is C25H29FN4O7S2. The largest absolute Gasteiger partial charge is 0.496 e. The average Bonchev–Trinajstić information content (AvgIpc) is 3.22. The van der Waals surface area contributed by atoms with E-state index in [1.54, 1.807) is 6.92 Å². The monoisotopic (exact) mass is 580 g/mol. The minimum Gasteiger partial charge on any atom is -0.496 e. The smallest absolute Gasteiger partial charge is 0.348 e. The lowest BCUT2D eigenvalue weighted by Gasteiger charge is -2.23. The molecule has 0 unspecified atom stereocenters. The van der Waals surface area contributed by atoms with Gasteiger partial charge in [-0.05, 0) is 44.5 Å². The Morgan fingerprint density at radius 3 is 2.56 bits per heavy atom. The van der Waals surface area contributed by atoms with E-state index in [0.717, 1.165) is 11.3 Å². The molecule has 0 aliphatic rings. The van der Waals surface area contributed by atoms with E-state index in [4.69, 9.17) is 25.2 Å². The van der Waals surface area contributed by atoms with E-state index in [2.05, 4.69) is 0 Å². The van der Waals surface area contributed by atoms with Crippen LogP contribution in [-0.4, -0.2) is 41.3 Å². The summed E-state index contributed by atoms with van der Waals surface area (Å²) in [6.45, 7) is 4.26. The van der Waals surface area contributed by atoms with Crippen LogP contribution in [0.1, 0.15) is 53.2 Å². The Hall–Kier alpha value is -3.67. The van der Waals surface area contributed by atoms with Crippen LogP contribution in [0.15, 0.2) is 27.8 Å². The molecule has 0 radical (unpaired) electrons. The van der Waals surface area contributed by atoms with E-state index in [9.17, 15) is 23.6 Å². The zero-order chi connectivity index (χ0) is 28.1. The summed E-state index contributed by atoms with van der Waals surface area (Å²) >= 11 is 0.880. The molecule has 11 nitrogen and oxygen atoms in total. The SMILES string of the molecule is CCOC(=O)c1sc2c(c1C)c(=O)n([C@@H](C)C(N)=O)c(=O)n2C[C@H](OCCC#N)c1cc(F)ccc1OC.S. The Labute approximate surface area is 233 Å². The second-order valence-electron chi connectivity index (χ2n) is 8.26. The average molecular weight is 581 g/mol. The number of amides is 1. The van der Waals surface area contributed by atoms with Crippen molar-refractivity contribution < 1.29 is 28.2 Å². The molecule has 2 heterocycles. The van der Waals surface area contributed by atoms with Gasteiger partial charge >= 0.3 is 11.7 Å². The number of hydrogen-bond acceptors (Lipinski definition) is 9. The fourth-order valence-electron chi connectivity index (χ4n) is 4.00. The fourth-order valence-corrected chi connectivity index (χ4v) is 5.19. The van der Waals surface area contributed by atoms with Gasteiger partial charge in [0.1, 0.15) is 33.4 Å². The number of carbonyl (C=O) groups excluding carboxylic acids is 2. The van der Waals surface area contributed by atoms with Crippen molar-refractivity contribution in [2.45, 2.75) is 45.9 Å². The maximum atomic E-state index is 14.3. The normalized spacial score (nSPS) is 12.3. The van der Waals surface area contributed by atoms with Crippen LogP contribution in [0, 0.1) is 24.1 Å². The van der Waals surface area contributed by atoms with Crippen molar-refractivity contribution in [3.63, 3.8) is 0 Å². The predicted octanol–water partition coefficient (Wildman–Crippen LogP) is 2.69. The van der Waals surface area contributed by atoms with E-state index in [-0.39, 0.29) is 71.6 Å². The molecule has 0 saturated heterocycles. The summed E-state index contributed by atoms with van der Waals surface area (Å²) in [5.74, 6) is -1.91. The molecule has 2 aromatic heterocycles. The second kappa shape index (κ2) is 13.4. The number of thiophene rings is 1. The van der Waals surface area contributed by atoms with Crippen molar-refractivity contribution in [1.29, 1.82) is 5.26 Å². The number of hydrogen-bond donors (Lipinski definition) is 1. The van der Waals surface area contributed by atoms with Crippen LogP contribution < -0.4 is 21.7 Å². The molecular weight excluding hydrogens is 551 g/mol. The highest BCUT2D eigenvalue weighted by Gasteiger charge is 2.29. The summed E-state index contributed by atoms with van der Waals surface area (Å²) in [5, 5.41) is 9.02. The third kappa shape index (κ3) is 6.32. The molecule has 39 heavy (non-hydrogen) atoms. The van der Waals surface area contributed by atoms with Gasteiger partial charge in [-0.15, -0.1) is 11.3 Å². The zero-order valence-corrected chi connectivity index (χ0v) is 23.6. The minimum absolute atomic E-state index is 0. The molecule has 1 aromatic carbocycles. The van der Waals surface area contributed by atoms with Crippen LogP contribution >= 0.6 is 24.8 Å². The number of nitriles is 1. The van der Waals surface area contributed by atoms with Crippen molar-refractivity contribution in [3.8, 4) is 11.8 Å². The third-order valence-corrected chi connectivity index (χ3v) is 7.22. The van der Waals surface area contributed by atoms with E-state index in [1.807, 2.05) is 6.07 Å². The predicted molar refractivity (Wildman–Crippen MR) is 147 cm³/mol. The number of aromatic nitrogens is 2. The number of primary amides is 1. The number of aryl methyl sites for hydroxylation is 1. The first kappa shape index (κ1) is 31.5. The number of methoxy groups -OCH3 is 1. The molecule has 0 aliphatic heterocycles. The summed E-state index contributed by atoms with van der Waals surface area (Å²) in [5.41, 5.74) is 4.29. The van der Waals surface area contributed by atoms with Gasteiger partial charge in [-0.2, -0.15) is 18.8 Å². The maximum absolute atomic E-state index is 14.3. The highest BCUT2D eigenvalue weighted by molar-refractivity contribution is 7.59. The number of carbonyl (C=O) groups is 2. The summed E-state index contributed by atoms with van der Waals surface area (Å²) in [6.07, 6.45) is -1.000. The van der Waals surface area contributed by atoms with E-state index in [1.165, 1.54) is 43.7 Å². The quantitative estimate of drug-likeness (QED) is 0.268. The molecule has 0 fully saturated rings. The van der Waals surface area contributed by atoms with Crippen LogP contribution in [-0.2, 0) is 20.8 Å². The number of esters is 1. The van der Waals surface area contributed by atoms with Gasteiger partial charge in [0.2, 0.25) is 5.91 Å². The molecule has 1 amide bonds. The summed E-state index contributed by atoms with van der Waals surface area (Å²) in [7, 11) is 1.39. The first-order valence-corrected chi connectivity index (χ1v) is 12.5. The molecule has 14 heteroatoms. The Balaban J connectivity index is 0.00000533. The molecule has 0 saturated carbocycles. The molecule has 3 rings (SSSR count). The van der Waals surface area contributed by atoms with Gasteiger partial charge in [-0.25, -0.2) is 18.5 Å². The Morgan fingerprint density at radius 2 is 1.97 bits per heavy atom. The number of halogens is 1. The van der Waals surface area contributed by atoms with Gasteiger partial charge in [0, 0.05) is 5.56 Å². The van der Waals surface area contributed by atoms with E-state index < -0.39 is 41.1 Å². The Kier molecular flexibility index (Phi) is 10.8. The third-order valence-electron chi connectivity index (χ3n) is 5.92. The number of nitrogens with zero attached hydrogens (tertiary/aromatic N) is 3. The van der Waals surface area contributed by atoms with Crippen molar-refractivity contribution in [1.82, 2.24) is 9.13 Å². The van der Waals surface area contributed by atoms with Gasteiger partial charge in [-0.3, -0.25) is 14.2 Å². The van der Waals surface area contributed by atoms with Crippen molar-refractivity contribution >= 4 is 46.9 Å². The molecule has 210 valence electrons. The number of rotatable bonds is 11. The molecule has 2 N–H and O–H groups in total. The zero-order valence-electron chi connectivity index (χ0n) is 21.8. The second-order valence-corrected chi connectivity index (χ2v) is 9.26. The van der Waals surface area contributed by atoms with Gasteiger partial charge < -0.3 is 19.9 Å². The lowest BCUT2D eigenvalue weighted by molar-refractivity contribution is -0.120. The standard InChI is InChI=1S/C25H27FN4O7S.H2S/c1-5-36-24(33)20-13(2)19-22(32)30(14(3)21(28)31)25(34)29(23(19)38-20)12-18(37-10-6-9-27)16-11-15(26)7-8-17(16)35-4;/h7-8,11,14,18H,5-6,10,12H2,1-4H3,(H2,28,31);1H2/t14-,18-;/m0./s1. The number of benzene rings is 1. The van der Waals surface area contributed by atoms with Crippen LogP contribution in [0.25, 0.3) is 10.2 Å². The number of nitrogens with two attached hydrogens (primary N) is 1. The van der Waals surface area contributed by atoms with Crippen LogP contribution in [0.4, 0.5) is 4.39 Å². The van der Waals surface area contributed by atoms with Gasteiger partial charge in [0.25, 0.3) is 5.56 Å². The minimum atomic E-state index is -1.31. The maximum Gasteiger partial charge on any atom is 0.348 e. The highest BCUT2D eigenvalue weighted by Crippen LogP contribution is 2.33. The first-order valence-electron chi connectivity index (χ1n) is 11.6. The van der Waals surface area contributed by atoms with E-state index >= 15 is 0 Å². The van der Waals surface area contributed by atoms with Crippen molar-refractivity contribution in [3.05, 3.63) is 60.9 Å².